The van der Waals surface area contributed by atoms with Gasteiger partial charge in [0.25, 0.3) is 0 Å². The van der Waals surface area contributed by atoms with Crippen molar-refractivity contribution in [3.63, 3.8) is 0 Å². The minimum absolute atomic E-state index is 0. The molecule has 1 unspecified atom stereocenters. The summed E-state index contributed by atoms with van der Waals surface area (Å²) in [5, 5.41) is 3.49. The number of aryl methyl sites for hydroxylation is 1. The van der Waals surface area contributed by atoms with Gasteiger partial charge in [0.05, 0.1) is 6.33 Å². The van der Waals surface area contributed by atoms with Crippen molar-refractivity contribution in [2.24, 2.45) is 4.99 Å². The standard InChI is InChI=1S/C18H25N5.HI/c1-19-18(21-9-5-11-22-13-10-20-15-22)23-12-8-17(14-23)16-6-3-2-4-7-16;/h2-4,6-7,10,13,15,17H,5,8-9,11-12,14H2,1H3,(H,19,21);1H. The zero-order valence-corrected chi connectivity index (χ0v) is 16.5. The van der Waals surface area contributed by atoms with E-state index in [4.69, 9.17) is 0 Å². The molecule has 1 atom stereocenters. The number of nitrogens with zero attached hydrogens (tertiary/aromatic N) is 4. The van der Waals surface area contributed by atoms with E-state index >= 15 is 0 Å². The Bertz CT molecular complexity index is 612. The van der Waals surface area contributed by atoms with Crippen molar-refractivity contribution in [1.82, 2.24) is 19.8 Å². The Hall–Kier alpha value is -1.57. The van der Waals surface area contributed by atoms with Crippen molar-refractivity contribution in [3.8, 4) is 0 Å². The smallest absolute Gasteiger partial charge is 0.193 e. The predicted octanol–water partition coefficient (Wildman–Crippen LogP) is 2.96. The highest BCUT2D eigenvalue weighted by molar-refractivity contribution is 14.0. The van der Waals surface area contributed by atoms with E-state index in [1.54, 1.807) is 0 Å². The average Bonchev–Trinajstić information content (AvgIpc) is 3.27. The highest BCUT2D eigenvalue weighted by Crippen LogP contribution is 2.26. The van der Waals surface area contributed by atoms with Crippen molar-refractivity contribution in [1.29, 1.82) is 0 Å². The molecule has 130 valence electrons. The van der Waals surface area contributed by atoms with Crippen LogP contribution >= 0.6 is 24.0 Å². The minimum Gasteiger partial charge on any atom is -0.356 e. The molecule has 0 aliphatic carbocycles. The summed E-state index contributed by atoms with van der Waals surface area (Å²) in [6.45, 7) is 4.03. The summed E-state index contributed by atoms with van der Waals surface area (Å²) in [5.74, 6) is 1.63. The lowest BCUT2D eigenvalue weighted by Crippen LogP contribution is -2.40. The molecule has 2 aromatic rings. The fourth-order valence-corrected chi connectivity index (χ4v) is 3.16. The third-order valence-corrected chi connectivity index (χ3v) is 4.41. The van der Waals surface area contributed by atoms with Crippen molar-refractivity contribution in [2.75, 3.05) is 26.7 Å². The molecule has 1 aliphatic rings. The molecule has 1 aromatic carbocycles. The second-order valence-electron chi connectivity index (χ2n) is 5.97. The lowest BCUT2D eigenvalue weighted by Gasteiger charge is -2.22. The van der Waals surface area contributed by atoms with Crippen LogP contribution < -0.4 is 5.32 Å². The number of benzene rings is 1. The second-order valence-corrected chi connectivity index (χ2v) is 5.97. The maximum atomic E-state index is 4.45. The van der Waals surface area contributed by atoms with Gasteiger partial charge in [-0.2, -0.15) is 0 Å². The fourth-order valence-electron chi connectivity index (χ4n) is 3.16. The highest BCUT2D eigenvalue weighted by atomic mass is 127. The van der Waals surface area contributed by atoms with Crippen LogP contribution in [0, 0.1) is 0 Å². The summed E-state index contributed by atoms with van der Waals surface area (Å²) in [5.41, 5.74) is 1.44. The molecule has 0 spiro atoms. The van der Waals surface area contributed by atoms with Gasteiger partial charge in [0.1, 0.15) is 0 Å². The summed E-state index contributed by atoms with van der Waals surface area (Å²) in [6.07, 6.45) is 7.94. The molecular formula is C18H26IN5. The number of halogens is 1. The van der Waals surface area contributed by atoms with Gasteiger partial charge in [0, 0.05) is 51.5 Å². The lowest BCUT2D eigenvalue weighted by molar-refractivity contribution is 0.482. The summed E-state index contributed by atoms with van der Waals surface area (Å²) in [7, 11) is 1.87. The zero-order valence-electron chi connectivity index (χ0n) is 14.1. The first-order chi connectivity index (χ1) is 11.4. The molecular weight excluding hydrogens is 413 g/mol. The van der Waals surface area contributed by atoms with Crippen LogP contribution in [-0.4, -0.2) is 47.1 Å². The Kier molecular flexibility index (Phi) is 7.55. The normalized spacial score (nSPS) is 17.6. The van der Waals surface area contributed by atoms with E-state index in [0.717, 1.165) is 38.6 Å². The number of hydrogen-bond acceptors (Lipinski definition) is 2. The van der Waals surface area contributed by atoms with Crippen molar-refractivity contribution in [3.05, 3.63) is 54.6 Å². The van der Waals surface area contributed by atoms with Gasteiger partial charge < -0.3 is 14.8 Å². The molecule has 1 N–H and O–H groups in total. The molecule has 0 saturated carbocycles. The van der Waals surface area contributed by atoms with Crippen LogP contribution in [0.5, 0.6) is 0 Å². The molecule has 1 aliphatic heterocycles. The fraction of sp³-hybridized carbons (Fsp3) is 0.444. The van der Waals surface area contributed by atoms with E-state index in [0.29, 0.717) is 5.92 Å². The van der Waals surface area contributed by atoms with Crippen LogP contribution in [0.15, 0.2) is 54.0 Å². The van der Waals surface area contributed by atoms with Gasteiger partial charge in [-0.3, -0.25) is 4.99 Å². The molecule has 24 heavy (non-hydrogen) atoms. The van der Waals surface area contributed by atoms with E-state index in [1.807, 2.05) is 25.8 Å². The van der Waals surface area contributed by atoms with E-state index in [1.165, 1.54) is 12.0 Å². The Morgan fingerprint density at radius 1 is 1.33 bits per heavy atom. The summed E-state index contributed by atoms with van der Waals surface area (Å²) < 4.78 is 2.10. The maximum Gasteiger partial charge on any atom is 0.193 e. The molecule has 1 aromatic heterocycles. The molecule has 6 heteroatoms. The van der Waals surface area contributed by atoms with Crippen LogP contribution in [-0.2, 0) is 6.54 Å². The number of hydrogen-bond donors (Lipinski definition) is 1. The van der Waals surface area contributed by atoms with Crippen molar-refractivity contribution >= 4 is 29.9 Å². The number of rotatable bonds is 5. The van der Waals surface area contributed by atoms with Gasteiger partial charge in [-0.05, 0) is 18.4 Å². The van der Waals surface area contributed by atoms with Crippen LogP contribution in [0.2, 0.25) is 0 Å². The second kappa shape index (κ2) is 9.66. The maximum absolute atomic E-state index is 4.45. The van der Waals surface area contributed by atoms with E-state index in [2.05, 4.69) is 55.1 Å². The molecule has 1 saturated heterocycles. The van der Waals surface area contributed by atoms with Crippen molar-refractivity contribution in [2.45, 2.75) is 25.3 Å². The van der Waals surface area contributed by atoms with Gasteiger partial charge in [-0.15, -0.1) is 24.0 Å². The van der Waals surface area contributed by atoms with E-state index < -0.39 is 0 Å². The number of imidazole rings is 1. The van der Waals surface area contributed by atoms with Gasteiger partial charge in [0.15, 0.2) is 5.96 Å². The SMILES string of the molecule is CN=C(NCCCn1ccnc1)N1CCC(c2ccccc2)C1.I. The van der Waals surface area contributed by atoms with Crippen LogP contribution in [0.1, 0.15) is 24.3 Å². The highest BCUT2D eigenvalue weighted by Gasteiger charge is 2.25. The Labute approximate surface area is 161 Å². The third-order valence-electron chi connectivity index (χ3n) is 4.41. The van der Waals surface area contributed by atoms with Crippen LogP contribution in [0.3, 0.4) is 0 Å². The number of aliphatic imine (C=N–C) groups is 1. The quantitative estimate of drug-likeness (QED) is 0.337. The lowest BCUT2D eigenvalue weighted by atomic mass is 9.99. The summed E-state index contributed by atoms with van der Waals surface area (Å²) >= 11 is 0. The molecule has 5 nitrogen and oxygen atoms in total. The summed E-state index contributed by atoms with van der Waals surface area (Å²) in [4.78, 5) is 10.9. The van der Waals surface area contributed by atoms with Gasteiger partial charge in [-0.1, -0.05) is 30.3 Å². The van der Waals surface area contributed by atoms with Crippen molar-refractivity contribution < 1.29 is 0 Å². The Morgan fingerprint density at radius 2 is 2.17 bits per heavy atom. The molecule has 2 heterocycles. The van der Waals surface area contributed by atoms with Gasteiger partial charge in [0.2, 0.25) is 0 Å². The molecule has 1 fully saturated rings. The number of likely N-dealkylation sites (tertiary alicyclic amines) is 1. The van der Waals surface area contributed by atoms with E-state index in [-0.39, 0.29) is 24.0 Å². The van der Waals surface area contributed by atoms with Gasteiger partial charge in [-0.25, -0.2) is 4.98 Å². The van der Waals surface area contributed by atoms with Crippen LogP contribution in [0.4, 0.5) is 0 Å². The Balaban J connectivity index is 0.00000208. The summed E-state index contributed by atoms with van der Waals surface area (Å²) in [6, 6.07) is 10.8. The molecule has 0 bridgehead atoms. The minimum atomic E-state index is 0. The zero-order chi connectivity index (χ0) is 15.9. The average molecular weight is 439 g/mol. The molecule has 0 amide bonds. The molecule has 0 radical (unpaired) electrons. The van der Waals surface area contributed by atoms with Crippen LogP contribution in [0.25, 0.3) is 0 Å². The Morgan fingerprint density at radius 3 is 2.88 bits per heavy atom. The van der Waals surface area contributed by atoms with E-state index in [9.17, 15) is 0 Å². The topological polar surface area (TPSA) is 45.5 Å². The first-order valence-electron chi connectivity index (χ1n) is 8.33. The molecule has 3 rings (SSSR count). The predicted molar refractivity (Wildman–Crippen MR) is 109 cm³/mol. The number of aromatic nitrogens is 2. The first-order valence-corrected chi connectivity index (χ1v) is 8.33. The number of nitrogens with one attached hydrogen (secondary N) is 1. The largest absolute Gasteiger partial charge is 0.356 e. The number of guanidine groups is 1. The first kappa shape index (κ1) is 18.8. The van der Waals surface area contributed by atoms with Gasteiger partial charge >= 0.3 is 0 Å². The third kappa shape index (κ3) is 4.96. The monoisotopic (exact) mass is 439 g/mol.